The van der Waals surface area contributed by atoms with Crippen LogP contribution in [0.2, 0.25) is 5.02 Å². The van der Waals surface area contributed by atoms with Crippen LogP contribution in [-0.2, 0) is 0 Å². The Hall–Kier alpha value is -0.580. The first kappa shape index (κ1) is 15.8. The van der Waals surface area contributed by atoms with Gasteiger partial charge in [-0.15, -0.1) is 0 Å². The van der Waals surface area contributed by atoms with E-state index < -0.39 is 0 Å². The maximum atomic E-state index is 12.6. The van der Waals surface area contributed by atoms with Crippen LogP contribution >= 0.6 is 27.5 Å². The summed E-state index contributed by atoms with van der Waals surface area (Å²) in [5.41, 5.74) is 1.72. The molecule has 1 aliphatic rings. The van der Waals surface area contributed by atoms with Gasteiger partial charge in [-0.1, -0.05) is 27.5 Å². The highest BCUT2D eigenvalue weighted by Crippen LogP contribution is 2.18. The topological polar surface area (TPSA) is 23.6 Å². The van der Waals surface area contributed by atoms with Crippen LogP contribution in [0.3, 0.4) is 0 Å². The van der Waals surface area contributed by atoms with Gasteiger partial charge in [0.05, 0.1) is 0 Å². The van der Waals surface area contributed by atoms with Crippen LogP contribution < -0.4 is 0 Å². The van der Waals surface area contributed by atoms with E-state index in [1.807, 2.05) is 24.0 Å². The van der Waals surface area contributed by atoms with Crippen molar-refractivity contribution in [3.63, 3.8) is 0 Å². The molecule has 0 radical (unpaired) electrons. The summed E-state index contributed by atoms with van der Waals surface area (Å²) in [5, 5.41) is 1.66. The molecule has 5 heteroatoms. The van der Waals surface area contributed by atoms with E-state index in [1.54, 1.807) is 6.07 Å². The zero-order chi connectivity index (χ0) is 14.5. The quantitative estimate of drug-likeness (QED) is 0.774. The van der Waals surface area contributed by atoms with Crippen molar-refractivity contribution in [3.8, 4) is 0 Å². The highest BCUT2D eigenvalue weighted by molar-refractivity contribution is 9.09. The lowest BCUT2D eigenvalue weighted by Crippen LogP contribution is -2.35. The Bertz CT molecular complexity index is 481. The first-order valence-electron chi connectivity index (χ1n) is 6.95. The summed E-state index contributed by atoms with van der Waals surface area (Å²) in [6, 6.07) is 5.47. The first-order valence-corrected chi connectivity index (χ1v) is 8.45. The van der Waals surface area contributed by atoms with Crippen molar-refractivity contribution in [2.24, 2.45) is 0 Å². The number of hydrogen-bond donors (Lipinski definition) is 0. The summed E-state index contributed by atoms with van der Waals surface area (Å²) in [6.45, 7) is 6.63. The number of hydrogen-bond acceptors (Lipinski definition) is 2. The second kappa shape index (κ2) is 7.43. The molecule has 1 aromatic rings. The molecule has 110 valence electrons. The molecule has 1 aromatic carbocycles. The van der Waals surface area contributed by atoms with E-state index >= 15 is 0 Å². The van der Waals surface area contributed by atoms with Gasteiger partial charge in [-0.25, -0.2) is 0 Å². The molecule has 20 heavy (non-hydrogen) atoms. The van der Waals surface area contributed by atoms with Crippen LogP contribution in [0.15, 0.2) is 18.2 Å². The van der Waals surface area contributed by atoms with Crippen molar-refractivity contribution in [2.45, 2.75) is 13.3 Å². The summed E-state index contributed by atoms with van der Waals surface area (Å²) >= 11 is 9.42. The molecule has 3 nitrogen and oxygen atoms in total. The van der Waals surface area contributed by atoms with Crippen molar-refractivity contribution >= 4 is 33.4 Å². The summed E-state index contributed by atoms with van der Waals surface area (Å²) in [4.78, 5) is 17.0. The predicted octanol–water partition coefficient (Wildman–Crippen LogP) is 3.19. The molecule has 1 fully saturated rings. The number of carbonyl (C=O) groups is 1. The van der Waals surface area contributed by atoms with E-state index in [4.69, 9.17) is 11.6 Å². The van der Waals surface area contributed by atoms with Crippen molar-refractivity contribution in [3.05, 3.63) is 34.3 Å². The van der Waals surface area contributed by atoms with Crippen LogP contribution in [0.25, 0.3) is 0 Å². The Kier molecular flexibility index (Phi) is 5.87. The van der Waals surface area contributed by atoms with Gasteiger partial charge in [0, 0.05) is 42.1 Å². The Morgan fingerprint density at radius 2 is 2.10 bits per heavy atom. The maximum Gasteiger partial charge on any atom is 0.254 e. The third-order valence-corrected chi connectivity index (χ3v) is 4.29. The molecule has 0 aromatic heterocycles. The lowest BCUT2D eigenvalue weighted by molar-refractivity contribution is 0.0761. The smallest absolute Gasteiger partial charge is 0.254 e. The van der Waals surface area contributed by atoms with E-state index in [2.05, 4.69) is 20.8 Å². The normalized spacial score (nSPS) is 17.1. The molecule has 0 bridgehead atoms. The summed E-state index contributed by atoms with van der Waals surface area (Å²) in [6.07, 6.45) is 1.03. The van der Waals surface area contributed by atoms with Gasteiger partial charge < -0.3 is 9.80 Å². The monoisotopic (exact) mass is 358 g/mol. The number of aryl methyl sites for hydroxylation is 1. The molecular formula is C15H20BrClN2O. The highest BCUT2D eigenvalue weighted by Gasteiger charge is 2.21. The number of benzene rings is 1. The van der Waals surface area contributed by atoms with Gasteiger partial charge in [0.25, 0.3) is 5.91 Å². The van der Waals surface area contributed by atoms with Gasteiger partial charge in [-0.2, -0.15) is 0 Å². The fourth-order valence-corrected chi connectivity index (χ4v) is 3.28. The minimum Gasteiger partial charge on any atom is -0.337 e. The van der Waals surface area contributed by atoms with E-state index in [9.17, 15) is 4.79 Å². The van der Waals surface area contributed by atoms with E-state index in [0.717, 1.165) is 55.6 Å². The Morgan fingerprint density at radius 1 is 1.30 bits per heavy atom. The van der Waals surface area contributed by atoms with Crippen molar-refractivity contribution in [2.75, 3.05) is 38.1 Å². The SMILES string of the molecule is Cc1cc(Cl)ccc1C(=O)N1CCCN(CCBr)CC1. The first-order chi connectivity index (χ1) is 9.61. The van der Waals surface area contributed by atoms with Gasteiger partial charge >= 0.3 is 0 Å². The lowest BCUT2D eigenvalue weighted by atomic mass is 10.1. The van der Waals surface area contributed by atoms with Gasteiger partial charge in [-0.3, -0.25) is 4.79 Å². The maximum absolute atomic E-state index is 12.6. The lowest BCUT2D eigenvalue weighted by Gasteiger charge is -2.22. The molecule has 1 aliphatic heterocycles. The Labute approximate surface area is 134 Å². The standard InChI is InChI=1S/C15H20BrClN2O/c1-12-11-13(17)3-4-14(12)15(20)19-7-2-6-18(8-5-16)9-10-19/h3-4,11H,2,5-10H2,1H3. The molecule has 0 atom stereocenters. The fraction of sp³-hybridized carbons (Fsp3) is 0.533. The number of alkyl halides is 1. The van der Waals surface area contributed by atoms with Gasteiger partial charge in [0.2, 0.25) is 0 Å². The van der Waals surface area contributed by atoms with Crippen molar-refractivity contribution < 1.29 is 4.79 Å². The molecule has 1 heterocycles. The van der Waals surface area contributed by atoms with Crippen LogP contribution in [0, 0.1) is 6.92 Å². The Balaban J connectivity index is 2.05. The van der Waals surface area contributed by atoms with E-state index in [0.29, 0.717) is 5.02 Å². The third-order valence-electron chi connectivity index (χ3n) is 3.70. The summed E-state index contributed by atoms with van der Waals surface area (Å²) in [5.74, 6) is 0.125. The average Bonchev–Trinajstić information content (AvgIpc) is 2.64. The molecule has 1 amide bonds. The number of halogens is 2. The van der Waals surface area contributed by atoms with Gasteiger partial charge in [-0.05, 0) is 43.7 Å². The summed E-state index contributed by atoms with van der Waals surface area (Å²) < 4.78 is 0. The predicted molar refractivity (Wildman–Crippen MR) is 86.9 cm³/mol. The number of amides is 1. The minimum absolute atomic E-state index is 0.125. The number of carbonyl (C=O) groups excluding carboxylic acids is 1. The van der Waals surface area contributed by atoms with Crippen molar-refractivity contribution in [1.82, 2.24) is 9.80 Å². The zero-order valence-corrected chi connectivity index (χ0v) is 14.1. The zero-order valence-electron chi connectivity index (χ0n) is 11.7. The second-order valence-corrected chi connectivity index (χ2v) is 6.37. The Morgan fingerprint density at radius 3 is 2.80 bits per heavy atom. The van der Waals surface area contributed by atoms with Gasteiger partial charge in [0.15, 0.2) is 0 Å². The molecular weight excluding hydrogens is 340 g/mol. The number of rotatable bonds is 3. The van der Waals surface area contributed by atoms with Crippen molar-refractivity contribution in [1.29, 1.82) is 0 Å². The van der Waals surface area contributed by atoms with Gasteiger partial charge in [0.1, 0.15) is 0 Å². The highest BCUT2D eigenvalue weighted by atomic mass is 79.9. The third kappa shape index (κ3) is 3.96. The molecule has 0 aliphatic carbocycles. The van der Waals surface area contributed by atoms with E-state index in [-0.39, 0.29) is 5.91 Å². The van der Waals surface area contributed by atoms with Crippen LogP contribution in [-0.4, -0.2) is 53.8 Å². The largest absolute Gasteiger partial charge is 0.337 e. The second-order valence-electron chi connectivity index (χ2n) is 5.14. The molecule has 2 rings (SSSR count). The van der Waals surface area contributed by atoms with Crippen LogP contribution in [0.4, 0.5) is 0 Å². The molecule has 1 saturated heterocycles. The molecule has 0 unspecified atom stereocenters. The minimum atomic E-state index is 0.125. The average molecular weight is 360 g/mol. The fourth-order valence-electron chi connectivity index (χ4n) is 2.55. The van der Waals surface area contributed by atoms with Crippen LogP contribution in [0.5, 0.6) is 0 Å². The molecule has 0 saturated carbocycles. The molecule has 0 spiro atoms. The van der Waals surface area contributed by atoms with Crippen LogP contribution in [0.1, 0.15) is 22.3 Å². The number of nitrogens with zero attached hydrogens (tertiary/aromatic N) is 2. The van der Waals surface area contributed by atoms with E-state index in [1.165, 1.54) is 0 Å². The summed E-state index contributed by atoms with van der Waals surface area (Å²) in [7, 11) is 0. The molecule has 0 N–H and O–H groups in total.